The quantitative estimate of drug-likeness (QED) is 0.313. The predicted molar refractivity (Wildman–Crippen MR) is 109 cm³/mol. The number of aliphatic hydroxyl groups excluding tert-OH is 2. The summed E-state index contributed by atoms with van der Waals surface area (Å²) in [5.74, 6) is 0.843. The molecule has 2 aliphatic carbocycles. The molecule has 1 aromatic carbocycles. The zero-order valence-electron chi connectivity index (χ0n) is 17.3. The van der Waals surface area contributed by atoms with Gasteiger partial charge in [0.1, 0.15) is 5.75 Å². The monoisotopic (exact) mass is 406 g/mol. The maximum absolute atomic E-state index is 11.2. The number of aliphatic hydroxyl groups is 2. The molecule has 0 radical (unpaired) electrons. The van der Waals surface area contributed by atoms with E-state index in [4.69, 9.17) is 9.99 Å². The molecule has 162 valence electrons. The number of unbranched alkanes of at least 4 members (excludes halogenated alkanes) is 2. The first-order valence-corrected chi connectivity index (χ1v) is 11.0. The second-order valence-corrected chi connectivity index (χ2v) is 8.67. The number of hydrogen-bond donors (Lipinski definition) is 3. The lowest BCUT2D eigenvalue weighted by Crippen LogP contribution is -2.28. The van der Waals surface area contributed by atoms with Crippen LogP contribution in [0.2, 0.25) is 0 Å². The highest BCUT2D eigenvalue weighted by atomic mass is 17.1. The summed E-state index contributed by atoms with van der Waals surface area (Å²) in [6.45, 7) is 1.83. The molecule has 0 unspecified atom stereocenters. The molecule has 1 fully saturated rings. The number of fused-ring (bicyclic) bond motifs is 2. The molecular weight excluding hydrogens is 372 g/mol. The molecule has 0 spiro atoms. The predicted octanol–water partition coefficient (Wildman–Crippen LogP) is 3.51. The number of carbonyl (C=O) groups excluding carboxylic acids is 1. The van der Waals surface area contributed by atoms with Gasteiger partial charge in [-0.3, -0.25) is 4.89 Å². The molecule has 3 rings (SSSR count). The molecule has 2 aliphatic rings. The van der Waals surface area contributed by atoms with Gasteiger partial charge in [0.15, 0.2) is 6.61 Å². The van der Waals surface area contributed by atoms with Gasteiger partial charge < -0.3 is 14.9 Å². The Labute approximate surface area is 172 Å². The van der Waals surface area contributed by atoms with Crippen molar-refractivity contribution in [3.05, 3.63) is 29.3 Å². The van der Waals surface area contributed by atoms with Crippen molar-refractivity contribution in [1.82, 2.24) is 0 Å². The molecule has 6 heteroatoms. The average Bonchev–Trinajstić information content (AvgIpc) is 3.02. The summed E-state index contributed by atoms with van der Waals surface area (Å²) in [5.41, 5.74) is 2.29. The Kier molecular flexibility index (Phi) is 7.92. The smallest absolute Gasteiger partial charge is 0.379 e. The number of benzene rings is 1. The first-order chi connectivity index (χ1) is 14.0. The van der Waals surface area contributed by atoms with Crippen LogP contribution in [-0.4, -0.2) is 40.3 Å². The van der Waals surface area contributed by atoms with Gasteiger partial charge in [-0.05, 0) is 73.5 Å². The Bertz CT molecular complexity index is 675. The lowest BCUT2D eigenvalue weighted by Gasteiger charge is -2.32. The molecule has 0 saturated heterocycles. The third-order valence-corrected chi connectivity index (χ3v) is 6.77. The molecule has 1 aromatic rings. The normalized spacial score (nSPS) is 26.5. The molecule has 0 heterocycles. The molecule has 0 aliphatic heterocycles. The summed E-state index contributed by atoms with van der Waals surface area (Å²) in [6.07, 6.45) is 7.74. The molecule has 0 amide bonds. The van der Waals surface area contributed by atoms with E-state index in [1.165, 1.54) is 5.56 Å². The molecule has 1 saturated carbocycles. The van der Waals surface area contributed by atoms with Crippen molar-refractivity contribution in [2.45, 2.75) is 76.9 Å². The van der Waals surface area contributed by atoms with Crippen LogP contribution in [0.1, 0.15) is 63.0 Å². The van der Waals surface area contributed by atoms with Crippen molar-refractivity contribution in [2.24, 2.45) is 17.8 Å². The molecule has 3 N–H and O–H groups in total. The van der Waals surface area contributed by atoms with Crippen molar-refractivity contribution >= 4 is 5.97 Å². The zero-order chi connectivity index (χ0) is 20.8. The second kappa shape index (κ2) is 10.4. The van der Waals surface area contributed by atoms with Gasteiger partial charge in [0.25, 0.3) is 0 Å². The van der Waals surface area contributed by atoms with Crippen LogP contribution in [-0.2, 0) is 22.5 Å². The highest BCUT2D eigenvalue weighted by molar-refractivity contribution is 5.70. The Morgan fingerprint density at radius 1 is 1.24 bits per heavy atom. The van der Waals surface area contributed by atoms with Crippen LogP contribution in [0, 0.1) is 17.8 Å². The summed E-state index contributed by atoms with van der Waals surface area (Å²) in [6, 6.07) is 5.83. The minimum absolute atomic E-state index is 0.225. The van der Waals surface area contributed by atoms with Crippen LogP contribution in [0.4, 0.5) is 0 Å². The lowest BCUT2D eigenvalue weighted by atomic mass is 9.73. The maximum atomic E-state index is 11.2. The van der Waals surface area contributed by atoms with Gasteiger partial charge in [0.05, 0.1) is 12.2 Å². The highest BCUT2D eigenvalue weighted by Gasteiger charge is 2.44. The summed E-state index contributed by atoms with van der Waals surface area (Å²) in [7, 11) is 0. The van der Waals surface area contributed by atoms with E-state index in [0.29, 0.717) is 17.6 Å². The number of hydrogen-bond acceptors (Lipinski definition) is 6. The number of rotatable bonds is 10. The SMILES string of the molecule is CCCCC[C@H](O)CC[C@@H]1[C@H]2Cc3cccc(OCC(=O)OO)c3C[C@H]2C[C@H]1O. The zero-order valence-corrected chi connectivity index (χ0v) is 17.3. The van der Waals surface area contributed by atoms with Gasteiger partial charge in [-0.2, -0.15) is 5.26 Å². The molecular formula is C23H34O6. The van der Waals surface area contributed by atoms with Crippen LogP contribution in [0.25, 0.3) is 0 Å². The van der Waals surface area contributed by atoms with Gasteiger partial charge in [0, 0.05) is 0 Å². The fourth-order valence-electron chi connectivity index (χ4n) is 5.26. The van der Waals surface area contributed by atoms with Gasteiger partial charge in [-0.15, -0.1) is 0 Å². The van der Waals surface area contributed by atoms with Gasteiger partial charge in [0.2, 0.25) is 0 Å². The number of carbonyl (C=O) groups is 1. The van der Waals surface area contributed by atoms with Crippen LogP contribution in [0.15, 0.2) is 18.2 Å². The third kappa shape index (κ3) is 5.50. The van der Waals surface area contributed by atoms with Crippen molar-refractivity contribution in [3.63, 3.8) is 0 Å². The third-order valence-electron chi connectivity index (χ3n) is 6.77. The van der Waals surface area contributed by atoms with E-state index in [2.05, 4.69) is 17.9 Å². The second-order valence-electron chi connectivity index (χ2n) is 8.67. The van der Waals surface area contributed by atoms with E-state index in [1.54, 1.807) is 0 Å². The van der Waals surface area contributed by atoms with E-state index in [1.807, 2.05) is 12.1 Å². The minimum Gasteiger partial charge on any atom is -0.481 e. The van der Waals surface area contributed by atoms with Gasteiger partial charge in [-0.25, -0.2) is 4.79 Å². The minimum atomic E-state index is -0.829. The van der Waals surface area contributed by atoms with Crippen molar-refractivity contribution in [1.29, 1.82) is 0 Å². The molecule has 0 bridgehead atoms. The first-order valence-electron chi connectivity index (χ1n) is 11.0. The summed E-state index contributed by atoms with van der Waals surface area (Å²) in [5, 5.41) is 29.4. The van der Waals surface area contributed by atoms with Gasteiger partial charge in [-0.1, -0.05) is 38.3 Å². The fraction of sp³-hybridized carbons (Fsp3) is 0.696. The molecule has 29 heavy (non-hydrogen) atoms. The molecule has 0 aromatic heterocycles. The summed E-state index contributed by atoms with van der Waals surface area (Å²) in [4.78, 5) is 14.9. The molecule has 5 atom stereocenters. The Morgan fingerprint density at radius 3 is 2.83 bits per heavy atom. The van der Waals surface area contributed by atoms with Gasteiger partial charge >= 0.3 is 5.97 Å². The number of ether oxygens (including phenoxy) is 1. The summed E-state index contributed by atoms with van der Waals surface area (Å²) >= 11 is 0. The Morgan fingerprint density at radius 2 is 2.07 bits per heavy atom. The van der Waals surface area contributed by atoms with Crippen molar-refractivity contribution in [3.8, 4) is 5.75 Å². The lowest BCUT2D eigenvalue weighted by molar-refractivity contribution is -0.236. The Balaban J connectivity index is 1.62. The van der Waals surface area contributed by atoms with Crippen molar-refractivity contribution < 1.29 is 29.9 Å². The average molecular weight is 407 g/mol. The maximum Gasteiger partial charge on any atom is 0.379 e. The molecule has 6 nitrogen and oxygen atoms in total. The van der Waals surface area contributed by atoms with E-state index < -0.39 is 5.97 Å². The van der Waals surface area contributed by atoms with E-state index >= 15 is 0 Å². The standard InChI is InChI=1S/C23H34O6/c1-2-3-4-7-17(24)9-10-18-19-11-15-6-5-8-22(28-14-23(26)29-27)20(15)12-16(19)13-21(18)25/h5-6,8,16-19,21,24-25,27H,2-4,7,9-14H2,1H3/t16-,17-,18+,19-,21+/m0/s1. The fourth-order valence-corrected chi connectivity index (χ4v) is 5.26. The van der Waals surface area contributed by atoms with E-state index in [9.17, 15) is 15.0 Å². The van der Waals surface area contributed by atoms with E-state index in [-0.39, 0.29) is 24.7 Å². The highest BCUT2D eigenvalue weighted by Crippen LogP contribution is 2.48. The van der Waals surface area contributed by atoms with Crippen LogP contribution in [0.3, 0.4) is 0 Å². The Hall–Kier alpha value is -1.63. The largest absolute Gasteiger partial charge is 0.481 e. The van der Waals surface area contributed by atoms with E-state index in [0.717, 1.165) is 63.4 Å². The van der Waals surface area contributed by atoms with Crippen LogP contribution >= 0.6 is 0 Å². The first kappa shape index (κ1) is 22.1. The topological polar surface area (TPSA) is 96.2 Å². The summed E-state index contributed by atoms with van der Waals surface area (Å²) < 4.78 is 5.55. The van der Waals surface area contributed by atoms with Crippen molar-refractivity contribution in [2.75, 3.05) is 6.61 Å². The van der Waals surface area contributed by atoms with Crippen LogP contribution in [0.5, 0.6) is 5.75 Å². The van der Waals surface area contributed by atoms with Crippen LogP contribution < -0.4 is 4.74 Å².